The number of halogens is 2. The third kappa shape index (κ3) is 3.17. The molecule has 2 aromatic heterocycles. The van der Waals surface area contributed by atoms with Crippen molar-refractivity contribution in [1.29, 1.82) is 0 Å². The number of hydrogen-bond acceptors (Lipinski definition) is 3. The predicted molar refractivity (Wildman–Crippen MR) is 95.6 cm³/mol. The van der Waals surface area contributed by atoms with Crippen LogP contribution in [0.15, 0.2) is 59.7 Å². The van der Waals surface area contributed by atoms with Gasteiger partial charge in [0.05, 0.1) is 18.4 Å². The minimum atomic E-state index is -0.583. The molecule has 2 aromatic carbocycles. The lowest BCUT2D eigenvalue weighted by atomic mass is 10.1. The summed E-state index contributed by atoms with van der Waals surface area (Å²) in [7, 11) is 0. The molecule has 6 nitrogen and oxygen atoms in total. The van der Waals surface area contributed by atoms with Gasteiger partial charge in [-0.05, 0) is 42.8 Å². The fourth-order valence-electron chi connectivity index (χ4n) is 2.95. The van der Waals surface area contributed by atoms with Gasteiger partial charge >= 0.3 is 5.69 Å². The lowest BCUT2D eigenvalue weighted by molar-refractivity contribution is 0.559. The molecule has 0 atom stereocenters. The van der Waals surface area contributed by atoms with Gasteiger partial charge in [0, 0.05) is 17.3 Å². The van der Waals surface area contributed by atoms with Gasteiger partial charge in [0.1, 0.15) is 17.5 Å². The number of benzene rings is 2. The van der Waals surface area contributed by atoms with Crippen LogP contribution in [0.25, 0.3) is 16.8 Å². The molecule has 0 aliphatic carbocycles. The van der Waals surface area contributed by atoms with Gasteiger partial charge in [-0.25, -0.2) is 22.8 Å². The van der Waals surface area contributed by atoms with E-state index in [0.29, 0.717) is 11.5 Å². The number of H-pyrrole nitrogens is 1. The van der Waals surface area contributed by atoms with Gasteiger partial charge in [-0.3, -0.25) is 5.10 Å². The van der Waals surface area contributed by atoms with Crippen LogP contribution in [0.4, 0.5) is 8.78 Å². The van der Waals surface area contributed by atoms with E-state index in [0.717, 1.165) is 34.0 Å². The lowest BCUT2D eigenvalue weighted by Crippen LogP contribution is -2.25. The third-order valence-electron chi connectivity index (χ3n) is 4.29. The summed E-state index contributed by atoms with van der Waals surface area (Å²) in [5, 5.41) is 10.9. The summed E-state index contributed by atoms with van der Waals surface area (Å²) in [4.78, 5) is 12.7. The Balaban J connectivity index is 1.69. The molecule has 0 aliphatic heterocycles. The van der Waals surface area contributed by atoms with Crippen molar-refractivity contribution in [3.05, 3.63) is 88.4 Å². The number of aromatic nitrogens is 5. The molecule has 0 bridgehead atoms. The van der Waals surface area contributed by atoms with Gasteiger partial charge in [0.2, 0.25) is 0 Å². The number of nitrogens with one attached hydrogen (secondary N) is 1. The van der Waals surface area contributed by atoms with E-state index in [2.05, 4.69) is 15.3 Å². The number of aromatic amines is 1. The quantitative estimate of drug-likeness (QED) is 0.603. The SMILES string of the molecule is Cc1nn(Cc2cc(F)ccc2F)c(=O)n1-c1ccc(-c2cn[nH]c2)cc1. The van der Waals surface area contributed by atoms with Gasteiger partial charge in [0.25, 0.3) is 0 Å². The Labute approximate surface area is 152 Å². The molecular weight excluding hydrogens is 352 g/mol. The van der Waals surface area contributed by atoms with E-state index < -0.39 is 17.3 Å². The Hall–Kier alpha value is -3.55. The molecule has 136 valence electrons. The van der Waals surface area contributed by atoms with Crippen LogP contribution < -0.4 is 5.69 Å². The van der Waals surface area contributed by atoms with Crippen LogP contribution in [-0.4, -0.2) is 24.5 Å². The van der Waals surface area contributed by atoms with Crippen molar-refractivity contribution in [2.24, 2.45) is 0 Å². The van der Waals surface area contributed by atoms with Crippen molar-refractivity contribution in [2.75, 3.05) is 0 Å². The van der Waals surface area contributed by atoms with E-state index in [4.69, 9.17) is 0 Å². The Kier molecular flexibility index (Phi) is 4.15. The Morgan fingerprint density at radius 2 is 1.85 bits per heavy atom. The molecule has 8 heteroatoms. The molecule has 0 saturated carbocycles. The van der Waals surface area contributed by atoms with Gasteiger partial charge in [-0.2, -0.15) is 10.2 Å². The molecule has 0 saturated heterocycles. The zero-order valence-electron chi connectivity index (χ0n) is 14.4. The lowest BCUT2D eigenvalue weighted by Gasteiger charge is -2.04. The molecule has 0 radical (unpaired) electrons. The van der Waals surface area contributed by atoms with Crippen LogP contribution >= 0.6 is 0 Å². The smallest absolute Gasteiger partial charge is 0.285 e. The summed E-state index contributed by atoms with van der Waals surface area (Å²) >= 11 is 0. The Bertz CT molecular complexity index is 1140. The van der Waals surface area contributed by atoms with Crippen molar-refractivity contribution < 1.29 is 8.78 Å². The van der Waals surface area contributed by atoms with E-state index in [1.165, 1.54) is 4.57 Å². The highest BCUT2D eigenvalue weighted by Gasteiger charge is 2.14. The summed E-state index contributed by atoms with van der Waals surface area (Å²) in [5.74, 6) is -0.696. The largest absolute Gasteiger partial charge is 0.350 e. The second kappa shape index (κ2) is 6.64. The highest BCUT2D eigenvalue weighted by Crippen LogP contribution is 2.19. The van der Waals surface area contributed by atoms with Crippen molar-refractivity contribution in [3.8, 4) is 16.8 Å². The van der Waals surface area contributed by atoms with Crippen molar-refractivity contribution in [1.82, 2.24) is 24.5 Å². The first kappa shape index (κ1) is 16.9. The van der Waals surface area contributed by atoms with E-state index in [1.807, 2.05) is 12.1 Å². The normalized spacial score (nSPS) is 11.1. The fourth-order valence-corrected chi connectivity index (χ4v) is 2.95. The molecular formula is C19H15F2N5O. The maximum Gasteiger partial charge on any atom is 0.350 e. The van der Waals surface area contributed by atoms with Crippen LogP contribution in [0.5, 0.6) is 0 Å². The predicted octanol–water partition coefficient (Wildman–Crippen LogP) is 3.06. The summed E-state index contributed by atoms with van der Waals surface area (Å²) in [6.45, 7) is 1.53. The average Bonchev–Trinajstić information content (AvgIpc) is 3.28. The minimum Gasteiger partial charge on any atom is -0.285 e. The van der Waals surface area contributed by atoms with Crippen LogP contribution in [-0.2, 0) is 6.54 Å². The first-order chi connectivity index (χ1) is 13.0. The highest BCUT2D eigenvalue weighted by molar-refractivity contribution is 5.62. The minimum absolute atomic E-state index is 0.0667. The molecule has 4 rings (SSSR count). The summed E-state index contributed by atoms with van der Waals surface area (Å²) in [6.07, 6.45) is 3.48. The van der Waals surface area contributed by atoms with Crippen molar-refractivity contribution in [3.63, 3.8) is 0 Å². The summed E-state index contributed by atoms with van der Waals surface area (Å²) in [6, 6.07) is 10.5. The van der Waals surface area contributed by atoms with E-state index in [-0.39, 0.29) is 12.1 Å². The number of nitrogens with zero attached hydrogens (tertiary/aromatic N) is 4. The number of rotatable bonds is 4. The van der Waals surface area contributed by atoms with Crippen molar-refractivity contribution in [2.45, 2.75) is 13.5 Å². The van der Waals surface area contributed by atoms with Gasteiger partial charge in [0.15, 0.2) is 0 Å². The molecule has 1 N–H and O–H groups in total. The van der Waals surface area contributed by atoms with Crippen molar-refractivity contribution >= 4 is 0 Å². The number of aryl methyl sites for hydroxylation is 1. The molecule has 0 unspecified atom stereocenters. The molecule has 0 spiro atoms. The first-order valence-corrected chi connectivity index (χ1v) is 8.23. The van der Waals surface area contributed by atoms with Gasteiger partial charge in [-0.15, -0.1) is 0 Å². The number of hydrogen-bond donors (Lipinski definition) is 1. The van der Waals surface area contributed by atoms with Gasteiger partial charge < -0.3 is 0 Å². The van der Waals surface area contributed by atoms with Crippen LogP contribution in [0.3, 0.4) is 0 Å². The molecule has 0 aliphatic rings. The molecule has 0 fully saturated rings. The summed E-state index contributed by atoms with van der Waals surface area (Å²) in [5.41, 5.74) is 2.16. The van der Waals surface area contributed by atoms with E-state index >= 15 is 0 Å². The zero-order chi connectivity index (χ0) is 19.0. The summed E-state index contributed by atoms with van der Waals surface area (Å²) < 4.78 is 29.8. The Morgan fingerprint density at radius 3 is 2.56 bits per heavy atom. The van der Waals surface area contributed by atoms with E-state index in [1.54, 1.807) is 31.5 Å². The highest BCUT2D eigenvalue weighted by atomic mass is 19.1. The molecule has 27 heavy (non-hydrogen) atoms. The zero-order valence-corrected chi connectivity index (χ0v) is 14.4. The van der Waals surface area contributed by atoms with Gasteiger partial charge in [-0.1, -0.05) is 12.1 Å². The molecule has 2 heterocycles. The molecule has 4 aromatic rings. The maximum absolute atomic E-state index is 13.9. The Morgan fingerprint density at radius 1 is 1.07 bits per heavy atom. The molecule has 0 amide bonds. The first-order valence-electron chi connectivity index (χ1n) is 8.23. The average molecular weight is 367 g/mol. The second-order valence-corrected chi connectivity index (χ2v) is 6.09. The van der Waals surface area contributed by atoms with Crippen LogP contribution in [0, 0.1) is 18.6 Å². The van der Waals surface area contributed by atoms with Crippen LogP contribution in [0.1, 0.15) is 11.4 Å². The fraction of sp³-hybridized carbons (Fsp3) is 0.105. The maximum atomic E-state index is 13.9. The van der Waals surface area contributed by atoms with Crippen LogP contribution in [0.2, 0.25) is 0 Å². The third-order valence-corrected chi connectivity index (χ3v) is 4.29. The standard InChI is InChI=1S/C19H15F2N5O/c1-12-24-25(11-14-8-16(20)4-7-18(14)21)19(27)26(12)17-5-2-13(3-6-17)15-9-22-23-10-15/h2-10H,11H2,1H3,(H,22,23). The van der Waals surface area contributed by atoms with E-state index in [9.17, 15) is 13.6 Å². The second-order valence-electron chi connectivity index (χ2n) is 6.09. The topological polar surface area (TPSA) is 68.5 Å². The monoisotopic (exact) mass is 367 g/mol.